The summed E-state index contributed by atoms with van der Waals surface area (Å²) in [6.07, 6.45) is 0. The average molecular weight is 569 g/mol. The Hall–Kier alpha value is -5.46. The zero-order chi connectivity index (χ0) is 29.6. The molecule has 0 heteroatoms. The van der Waals surface area contributed by atoms with Gasteiger partial charge in [-0.3, -0.25) is 0 Å². The molecule has 0 aromatic heterocycles. The van der Waals surface area contributed by atoms with Crippen LogP contribution < -0.4 is 0 Å². The van der Waals surface area contributed by atoms with Gasteiger partial charge in [0.1, 0.15) is 0 Å². The third kappa shape index (κ3) is 2.80. The lowest BCUT2D eigenvalue weighted by atomic mass is 9.67. The average Bonchev–Trinajstić information content (AvgIpc) is 3.41. The molecule has 0 N–H and O–H groups in total. The minimum Gasteiger partial charge on any atom is -0.0616 e. The topological polar surface area (TPSA) is 0 Å². The van der Waals surface area contributed by atoms with E-state index in [2.05, 4.69) is 147 Å². The smallest absolute Gasteiger partial charge is 0.0159 e. The maximum Gasteiger partial charge on any atom is 0.0159 e. The lowest BCUT2D eigenvalue weighted by molar-refractivity contribution is 0.645. The summed E-state index contributed by atoms with van der Waals surface area (Å²) >= 11 is 0. The number of fused-ring (bicyclic) bond motifs is 7. The molecule has 45 heavy (non-hydrogen) atoms. The summed E-state index contributed by atoms with van der Waals surface area (Å²) in [5.41, 5.74) is 13.5. The van der Waals surface area contributed by atoms with E-state index in [-0.39, 0.29) is 5.41 Å². The number of hydrogen-bond donors (Lipinski definition) is 0. The minimum absolute atomic E-state index is 0.134. The zero-order valence-electron chi connectivity index (χ0n) is 25.2. The van der Waals surface area contributed by atoms with Gasteiger partial charge in [-0.2, -0.15) is 0 Å². The molecule has 0 nitrogen and oxygen atoms in total. The van der Waals surface area contributed by atoms with Crippen LogP contribution in [0, 0.1) is 0 Å². The third-order valence-corrected chi connectivity index (χ3v) is 11.2. The predicted octanol–water partition coefficient (Wildman–Crippen LogP) is 12.5. The first-order valence-corrected chi connectivity index (χ1v) is 16.0. The Morgan fingerprint density at radius 2 is 0.889 bits per heavy atom. The van der Waals surface area contributed by atoms with Gasteiger partial charge in [0.05, 0.1) is 0 Å². The van der Waals surface area contributed by atoms with E-state index in [9.17, 15) is 0 Å². The van der Waals surface area contributed by atoms with Crippen LogP contribution in [-0.2, 0) is 5.41 Å². The van der Waals surface area contributed by atoms with Gasteiger partial charge in [0.25, 0.3) is 0 Å². The Balaban J connectivity index is 1.18. The molecule has 0 spiro atoms. The first-order valence-electron chi connectivity index (χ1n) is 16.0. The molecule has 0 unspecified atom stereocenters. The van der Waals surface area contributed by atoms with Crippen LogP contribution in [0.3, 0.4) is 0 Å². The normalized spacial score (nSPS) is 14.2. The first kappa shape index (κ1) is 23.9. The molecule has 2 aliphatic carbocycles. The summed E-state index contributed by atoms with van der Waals surface area (Å²) in [6.45, 7) is 4.83. The summed E-state index contributed by atoms with van der Waals surface area (Å²) in [5.74, 6) is 0. The van der Waals surface area contributed by atoms with Gasteiger partial charge < -0.3 is 0 Å². The molecule has 0 fully saturated rings. The van der Waals surface area contributed by atoms with Crippen molar-refractivity contribution in [2.45, 2.75) is 19.3 Å². The van der Waals surface area contributed by atoms with E-state index in [0.29, 0.717) is 0 Å². The standard InChI is InChI=1S/C45H28/c1-45(2)39-23-22-36-29-11-4-3-10-28(29)35-20-21-37(44(39)43(35)36)30-17-16-26(24-40(30)45)27-18-19-38-33-13-6-9-25-8-5-12-32(41(25)33)34-15-7-14-31(27)42(34)38/h3-24H,1-2H3. The molecule has 11 rings (SSSR count). The second-order valence-electron chi connectivity index (χ2n) is 13.6. The van der Waals surface area contributed by atoms with E-state index >= 15 is 0 Å². The van der Waals surface area contributed by atoms with Crippen molar-refractivity contribution in [1.82, 2.24) is 0 Å². The Kier molecular flexibility index (Phi) is 4.24. The van der Waals surface area contributed by atoms with E-state index in [0.717, 1.165) is 0 Å². The summed E-state index contributed by atoms with van der Waals surface area (Å²) in [6, 6.07) is 50.7. The van der Waals surface area contributed by atoms with Gasteiger partial charge in [-0.05, 0) is 116 Å². The van der Waals surface area contributed by atoms with Gasteiger partial charge in [0, 0.05) is 5.41 Å². The fraction of sp³-hybridized carbons (Fsp3) is 0.0667. The van der Waals surface area contributed by atoms with Gasteiger partial charge in [-0.15, -0.1) is 0 Å². The highest BCUT2D eigenvalue weighted by molar-refractivity contribution is 6.34. The molecule has 0 aliphatic heterocycles. The summed E-state index contributed by atoms with van der Waals surface area (Å²) in [4.78, 5) is 0. The van der Waals surface area contributed by atoms with Crippen molar-refractivity contribution in [3.8, 4) is 44.5 Å². The molecule has 0 atom stereocenters. The molecule has 0 saturated heterocycles. The van der Waals surface area contributed by atoms with Crippen LogP contribution >= 0.6 is 0 Å². The van der Waals surface area contributed by atoms with Gasteiger partial charge in [-0.25, -0.2) is 0 Å². The predicted molar refractivity (Wildman–Crippen MR) is 193 cm³/mol. The van der Waals surface area contributed by atoms with Crippen molar-refractivity contribution in [2.24, 2.45) is 0 Å². The lowest BCUT2D eigenvalue weighted by Gasteiger charge is -2.36. The highest BCUT2D eigenvalue weighted by Gasteiger charge is 2.36. The first-order chi connectivity index (χ1) is 22.1. The maximum atomic E-state index is 2.49. The zero-order valence-corrected chi connectivity index (χ0v) is 25.2. The molecule has 9 aromatic carbocycles. The molecule has 0 saturated carbocycles. The number of benzene rings is 9. The molecule has 9 aromatic rings. The Bertz CT molecular complexity index is 2690. The van der Waals surface area contributed by atoms with Crippen LogP contribution in [0.1, 0.15) is 25.0 Å². The number of hydrogen-bond acceptors (Lipinski definition) is 0. The van der Waals surface area contributed by atoms with Crippen molar-refractivity contribution >= 4 is 53.9 Å². The van der Waals surface area contributed by atoms with E-state index in [1.807, 2.05) is 0 Å². The monoisotopic (exact) mass is 568 g/mol. The fourth-order valence-corrected chi connectivity index (χ4v) is 9.15. The Morgan fingerprint density at radius 3 is 1.62 bits per heavy atom. The van der Waals surface area contributed by atoms with Gasteiger partial charge in [-0.1, -0.05) is 141 Å². The van der Waals surface area contributed by atoms with Crippen molar-refractivity contribution in [3.05, 3.63) is 145 Å². The highest BCUT2D eigenvalue weighted by atomic mass is 14.4. The number of rotatable bonds is 1. The molecule has 0 heterocycles. The summed E-state index contributed by atoms with van der Waals surface area (Å²) in [5, 5.41) is 13.6. The molecular weight excluding hydrogens is 540 g/mol. The Labute approximate surface area is 261 Å². The van der Waals surface area contributed by atoms with E-state index in [1.54, 1.807) is 0 Å². The molecule has 2 aliphatic rings. The summed E-state index contributed by atoms with van der Waals surface area (Å²) < 4.78 is 0. The van der Waals surface area contributed by atoms with E-state index in [1.165, 1.54) is 109 Å². The lowest BCUT2D eigenvalue weighted by Crippen LogP contribution is -2.23. The van der Waals surface area contributed by atoms with Crippen LogP contribution in [0.25, 0.3) is 98.4 Å². The molecule has 0 bridgehead atoms. The fourth-order valence-electron chi connectivity index (χ4n) is 9.15. The van der Waals surface area contributed by atoms with Crippen LogP contribution in [0.2, 0.25) is 0 Å². The highest BCUT2D eigenvalue weighted by Crippen LogP contribution is 2.56. The van der Waals surface area contributed by atoms with Gasteiger partial charge in [0.2, 0.25) is 0 Å². The second-order valence-corrected chi connectivity index (χ2v) is 13.6. The van der Waals surface area contributed by atoms with E-state index in [4.69, 9.17) is 0 Å². The molecular formula is C45H28. The molecule has 208 valence electrons. The van der Waals surface area contributed by atoms with Crippen molar-refractivity contribution < 1.29 is 0 Å². The largest absolute Gasteiger partial charge is 0.0616 e. The quantitative estimate of drug-likeness (QED) is 0.136. The minimum atomic E-state index is -0.134. The van der Waals surface area contributed by atoms with E-state index < -0.39 is 0 Å². The molecule has 0 amide bonds. The summed E-state index contributed by atoms with van der Waals surface area (Å²) in [7, 11) is 0. The van der Waals surface area contributed by atoms with Crippen LogP contribution in [0.4, 0.5) is 0 Å². The van der Waals surface area contributed by atoms with Gasteiger partial charge >= 0.3 is 0 Å². The third-order valence-electron chi connectivity index (χ3n) is 11.2. The van der Waals surface area contributed by atoms with Gasteiger partial charge in [0.15, 0.2) is 0 Å². The maximum absolute atomic E-state index is 2.49. The van der Waals surface area contributed by atoms with Crippen LogP contribution in [-0.4, -0.2) is 0 Å². The van der Waals surface area contributed by atoms with Crippen LogP contribution in [0.5, 0.6) is 0 Å². The second kappa shape index (κ2) is 7.97. The van der Waals surface area contributed by atoms with Crippen LogP contribution in [0.15, 0.2) is 133 Å². The van der Waals surface area contributed by atoms with Crippen molar-refractivity contribution in [3.63, 3.8) is 0 Å². The SMILES string of the molecule is CC1(C)c2cc(-c3ccc4c5cccc6cccc(c7cccc3c74)c65)ccc2-c2ccc3c4c(ccc1c24)-c1ccccc1-3. The molecule has 0 radical (unpaired) electrons. The Morgan fingerprint density at radius 1 is 0.333 bits per heavy atom. The van der Waals surface area contributed by atoms with Crippen molar-refractivity contribution in [1.29, 1.82) is 0 Å². The van der Waals surface area contributed by atoms with Crippen molar-refractivity contribution in [2.75, 3.05) is 0 Å².